The summed E-state index contributed by atoms with van der Waals surface area (Å²) in [5.74, 6) is -0.0327. The van der Waals surface area contributed by atoms with Crippen LogP contribution in [0.5, 0.6) is 5.75 Å². The van der Waals surface area contributed by atoms with Gasteiger partial charge in [-0.2, -0.15) is 0 Å². The van der Waals surface area contributed by atoms with Gasteiger partial charge in [-0.3, -0.25) is 4.98 Å². The summed E-state index contributed by atoms with van der Waals surface area (Å²) in [7, 11) is 1.53. The van der Waals surface area contributed by atoms with Crippen molar-refractivity contribution in [2.24, 2.45) is 0 Å². The molecule has 1 aliphatic rings. The van der Waals surface area contributed by atoms with Gasteiger partial charge < -0.3 is 24.6 Å². The maximum atomic E-state index is 14.6. The second kappa shape index (κ2) is 10.3. The third-order valence-corrected chi connectivity index (χ3v) is 6.10. The van der Waals surface area contributed by atoms with Gasteiger partial charge in [-0.05, 0) is 35.9 Å². The lowest BCUT2D eigenvalue weighted by Gasteiger charge is -2.31. The van der Waals surface area contributed by atoms with E-state index in [0.29, 0.717) is 46.5 Å². The quantitative estimate of drug-likeness (QED) is 0.512. The number of halogens is 3. The summed E-state index contributed by atoms with van der Waals surface area (Å²) in [6.07, 6.45) is -0.578. The zero-order valence-electron chi connectivity index (χ0n) is 17.4. The van der Waals surface area contributed by atoms with Crippen LogP contribution in [-0.2, 0) is 16.0 Å². The minimum Gasteiger partial charge on any atom is -0.497 e. The molecule has 2 aromatic carbocycles. The number of ether oxygens (including phenoxy) is 3. The van der Waals surface area contributed by atoms with Crippen LogP contribution in [0.15, 0.2) is 42.6 Å². The molecule has 4 rings (SSSR count). The molecule has 170 valence electrons. The fraction of sp³-hybridized carbons (Fsp3) is 0.348. The molecule has 1 aliphatic heterocycles. The molecule has 1 saturated heterocycles. The molecule has 2 heterocycles. The molecule has 2 N–H and O–H groups in total. The predicted octanol–water partition coefficient (Wildman–Crippen LogP) is 4.64. The highest BCUT2D eigenvalue weighted by molar-refractivity contribution is 6.42. The summed E-state index contributed by atoms with van der Waals surface area (Å²) < 4.78 is 31.3. The predicted molar refractivity (Wildman–Crippen MR) is 121 cm³/mol. The number of aliphatic hydroxyl groups is 1. The number of aromatic nitrogens is 1. The Bertz CT molecular complexity index is 1090. The van der Waals surface area contributed by atoms with Crippen molar-refractivity contribution in [3.8, 4) is 5.75 Å². The molecule has 0 aliphatic carbocycles. The Morgan fingerprint density at radius 1 is 1.19 bits per heavy atom. The van der Waals surface area contributed by atoms with Crippen molar-refractivity contribution in [3.63, 3.8) is 0 Å². The highest BCUT2D eigenvalue weighted by Gasteiger charge is 2.27. The lowest BCUT2D eigenvalue weighted by molar-refractivity contribution is -0.202. The first-order valence-corrected chi connectivity index (χ1v) is 10.9. The number of nitrogens with one attached hydrogen (secondary N) is 1. The fourth-order valence-corrected chi connectivity index (χ4v) is 3.96. The van der Waals surface area contributed by atoms with Crippen LogP contribution in [0.1, 0.15) is 23.7 Å². The number of hydrogen-bond donors (Lipinski definition) is 2. The summed E-state index contributed by atoms with van der Waals surface area (Å²) in [5.41, 5.74) is 1.71. The molecule has 0 radical (unpaired) electrons. The summed E-state index contributed by atoms with van der Waals surface area (Å²) in [4.78, 5) is 4.08. The second-order valence-corrected chi connectivity index (χ2v) is 8.39. The summed E-state index contributed by atoms with van der Waals surface area (Å²) in [5, 5.41) is 15.6. The van der Waals surface area contributed by atoms with Crippen molar-refractivity contribution < 1.29 is 23.7 Å². The van der Waals surface area contributed by atoms with Crippen LogP contribution in [-0.4, -0.2) is 42.7 Å². The number of pyridine rings is 1. The van der Waals surface area contributed by atoms with Crippen LogP contribution in [0.2, 0.25) is 10.0 Å². The molecule has 32 heavy (non-hydrogen) atoms. The maximum absolute atomic E-state index is 14.6. The van der Waals surface area contributed by atoms with Crippen LogP contribution in [0.25, 0.3) is 10.9 Å². The van der Waals surface area contributed by atoms with Gasteiger partial charge in [0.25, 0.3) is 0 Å². The second-order valence-electron chi connectivity index (χ2n) is 7.58. The monoisotopic (exact) mass is 480 g/mol. The summed E-state index contributed by atoms with van der Waals surface area (Å²) in [6, 6.07) is 10.6. The van der Waals surface area contributed by atoms with E-state index in [1.165, 1.54) is 7.11 Å². The number of hydrogen-bond acceptors (Lipinski definition) is 6. The van der Waals surface area contributed by atoms with Crippen molar-refractivity contribution >= 4 is 34.1 Å². The molecular formula is C23H23Cl2FN2O4. The third kappa shape index (κ3) is 5.31. The maximum Gasteiger partial charge on any atom is 0.160 e. The van der Waals surface area contributed by atoms with E-state index in [-0.39, 0.29) is 18.0 Å². The first kappa shape index (κ1) is 23.2. The molecule has 1 atom stereocenters. The van der Waals surface area contributed by atoms with E-state index in [2.05, 4.69) is 10.3 Å². The molecule has 6 nitrogen and oxygen atoms in total. The molecule has 9 heteroatoms. The number of fused-ring (bicyclic) bond motifs is 1. The van der Waals surface area contributed by atoms with Crippen molar-refractivity contribution in [2.45, 2.75) is 31.4 Å². The van der Waals surface area contributed by atoms with Crippen molar-refractivity contribution in [2.75, 3.05) is 20.3 Å². The normalized spacial score (nSPS) is 19.8. The molecule has 1 aromatic heterocycles. The van der Waals surface area contributed by atoms with Gasteiger partial charge in [0.2, 0.25) is 0 Å². The Hall–Kier alpha value is -2.00. The van der Waals surface area contributed by atoms with Gasteiger partial charge in [0.05, 0.1) is 54.2 Å². The minimum atomic E-state index is -1.13. The van der Waals surface area contributed by atoms with Gasteiger partial charge in [0, 0.05) is 23.9 Å². The van der Waals surface area contributed by atoms with Gasteiger partial charge in [0.15, 0.2) is 6.29 Å². The van der Waals surface area contributed by atoms with E-state index in [1.54, 1.807) is 24.3 Å². The summed E-state index contributed by atoms with van der Waals surface area (Å²) >= 11 is 12.0. The van der Waals surface area contributed by atoms with Gasteiger partial charge >= 0.3 is 0 Å². The van der Waals surface area contributed by atoms with E-state index in [0.717, 1.165) is 11.8 Å². The van der Waals surface area contributed by atoms with Crippen LogP contribution in [0.3, 0.4) is 0 Å². The van der Waals surface area contributed by atoms with Gasteiger partial charge in [-0.25, -0.2) is 4.39 Å². The third-order valence-electron chi connectivity index (χ3n) is 5.36. The van der Waals surface area contributed by atoms with Crippen molar-refractivity contribution in [1.82, 2.24) is 10.3 Å². The van der Waals surface area contributed by atoms with E-state index in [1.807, 2.05) is 12.1 Å². The zero-order valence-corrected chi connectivity index (χ0v) is 18.9. The summed E-state index contributed by atoms with van der Waals surface area (Å²) in [6.45, 7) is 1.37. The standard InChI is InChI=1S/C23H23Cl2FN2O4/c1-30-15-3-5-20-16(7-15)23(19(26)10-28-20)21(29)8-22-31-11-14(12-32-22)27-9-13-2-4-17(24)18(25)6-13/h2-7,10,14,21-22,27,29H,8-9,11-12H2,1H3. The van der Waals surface area contributed by atoms with Crippen LogP contribution in [0.4, 0.5) is 4.39 Å². The molecule has 1 unspecified atom stereocenters. The van der Waals surface area contributed by atoms with Crippen molar-refractivity contribution in [1.29, 1.82) is 0 Å². The average molecular weight is 481 g/mol. The fourth-order valence-electron chi connectivity index (χ4n) is 3.64. The van der Waals surface area contributed by atoms with E-state index >= 15 is 0 Å². The van der Waals surface area contributed by atoms with E-state index < -0.39 is 18.2 Å². The number of nitrogens with zero attached hydrogens (tertiary/aromatic N) is 1. The van der Waals surface area contributed by atoms with E-state index in [9.17, 15) is 9.50 Å². The highest BCUT2D eigenvalue weighted by atomic mass is 35.5. The van der Waals surface area contributed by atoms with Crippen molar-refractivity contribution in [3.05, 3.63) is 69.6 Å². The van der Waals surface area contributed by atoms with Crippen LogP contribution < -0.4 is 10.1 Å². The first-order chi connectivity index (χ1) is 15.4. The van der Waals surface area contributed by atoms with Gasteiger partial charge in [0.1, 0.15) is 11.6 Å². The largest absolute Gasteiger partial charge is 0.497 e. The molecule has 0 amide bonds. The molecule has 0 spiro atoms. The lowest BCUT2D eigenvalue weighted by atomic mass is 10.0. The number of rotatable bonds is 7. The SMILES string of the molecule is COc1ccc2ncc(F)c(C(O)CC3OCC(NCc4ccc(Cl)c(Cl)c4)CO3)c2c1. The Balaban J connectivity index is 1.35. The average Bonchev–Trinajstić information content (AvgIpc) is 2.80. The Labute approximate surface area is 195 Å². The topological polar surface area (TPSA) is 72.8 Å². The Kier molecular flexibility index (Phi) is 7.45. The molecule has 3 aromatic rings. The van der Waals surface area contributed by atoms with Crippen LogP contribution in [0, 0.1) is 5.82 Å². The highest BCUT2D eigenvalue weighted by Crippen LogP contribution is 2.32. The molecule has 0 bridgehead atoms. The molecular weight excluding hydrogens is 458 g/mol. The smallest absolute Gasteiger partial charge is 0.160 e. The first-order valence-electron chi connectivity index (χ1n) is 10.2. The number of benzene rings is 2. The van der Waals surface area contributed by atoms with Gasteiger partial charge in [-0.15, -0.1) is 0 Å². The van der Waals surface area contributed by atoms with E-state index in [4.69, 9.17) is 37.4 Å². The Morgan fingerprint density at radius 3 is 2.69 bits per heavy atom. The number of aliphatic hydroxyl groups excluding tert-OH is 1. The number of methoxy groups -OCH3 is 1. The zero-order chi connectivity index (χ0) is 22.7. The molecule has 1 fully saturated rings. The van der Waals surface area contributed by atoms with Gasteiger partial charge in [-0.1, -0.05) is 29.3 Å². The molecule has 0 saturated carbocycles. The Morgan fingerprint density at radius 2 is 1.97 bits per heavy atom. The lowest BCUT2D eigenvalue weighted by Crippen LogP contribution is -2.44. The van der Waals surface area contributed by atoms with Crippen LogP contribution >= 0.6 is 23.2 Å². The minimum absolute atomic E-state index is 0.0272.